The minimum absolute atomic E-state index is 0.0150. The molecule has 0 bridgehead atoms. The largest absolute Gasteiger partial charge is 0.491 e. The van der Waals surface area contributed by atoms with E-state index in [-0.39, 0.29) is 23.8 Å². The number of rotatable bonds is 7. The molecule has 3 rings (SSSR count). The quantitative estimate of drug-likeness (QED) is 0.784. The molecule has 0 spiro atoms. The number of ether oxygens (including phenoxy) is 2. The van der Waals surface area contributed by atoms with Gasteiger partial charge in [-0.15, -0.1) is 0 Å². The van der Waals surface area contributed by atoms with Crippen LogP contribution in [0.1, 0.15) is 45.4 Å². The summed E-state index contributed by atoms with van der Waals surface area (Å²) in [5.74, 6) is 0.507. The van der Waals surface area contributed by atoms with Crippen LogP contribution in [0.5, 0.6) is 5.75 Å². The maximum Gasteiger partial charge on any atom is 0.246 e. The van der Waals surface area contributed by atoms with E-state index in [1.807, 2.05) is 18.2 Å². The van der Waals surface area contributed by atoms with Gasteiger partial charge in [-0.05, 0) is 44.7 Å². The maximum absolute atomic E-state index is 12.4. The summed E-state index contributed by atoms with van der Waals surface area (Å²) < 4.78 is 11.3. The monoisotopic (exact) mass is 360 g/mol. The van der Waals surface area contributed by atoms with E-state index in [1.54, 1.807) is 13.0 Å². The van der Waals surface area contributed by atoms with Crippen molar-refractivity contribution in [2.75, 3.05) is 18.5 Å². The van der Waals surface area contributed by atoms with E-state index in [2.05, 4.69) is 10.6 Å². The fourth-order valence-electron chi connectivity index (χ4n) is 3.46. The van der Waals surface area contributed by atoms with Crippen molar-refractivity contribution in [3.8, 4) is 5.75 Å². The first-order chi connectivity index (χ1) is 12.6. The molecule has 1 saturated heterocycles. The van der Waals surface area contributed by atoms with Crippen LogP contribution in [-0.2, 0) is 14.3 Å². The first-order valence-electron chi connectivity index (χ1n) is 9.57. The third-order valence-electron chi connectivity index (χ3n) is 5.04. The van der Waals surface area contributed by atoms with Crippen molar-refractivity contribution in [1.29, 1.82) is 0 Å². The minimum atomic E-state index is -0.570. The lowest BCUT2D eigenvalue weighted by molar-refractivity contribution is -0.128. The van der Waals surface area contributed by atoms with Crippen LogP contribution < -0.4 is 15.4 Å². The Hall–Kier alpha value is -2.08. The summed E-state index contributed by atoms with van der Waals surface area (Å²) in [5.41, 5.74) is 0.654. The van der Waals surface area contributed by atoms with E-state index in [0.29, 0.717) is 18.0 Å². The van der Waals surface area contributed by atoms with Gasteiger partial charge in [-0.25, -0.2) is 0 Å². The second kappa shape index (κ2) is 9.03. The smallest absolute Gasteiger partial charge is 0.246 e. The SMILES string of the molecule is C[C@H](NC(=O)C1CCCC1)C(=O)Nc1cccc(OC[C@H]2CCCO2)c1. The second-order valence-electron chi connectivity index (χ2n) is 7.17. The summed E-state index contributed by atoms with van der Waals surface area (Å²) in [6.45, 7) is 3.03. The summed E-state index contributed by atoms with van der Waals surface area (Å²) >= 11 is 0. The van der Waals surface area contributed by atoms with Gasteiger partial charge in [-0.2, -0.15) is 0 Å². The Bertz CT molecular complexity index is 622. The van der Waals surface area contributed by atoms with Crippen molar-refractivity contribution >= 4 is 17.5 Å². The Labute approximate surface area is 154 Å². The van der Waals surface area contributed by atoms with Crippen molar-refractivity contribution in [3.05, 3.63) is 24.3 Å². The molecular formula is C20H28N2O4. The number of carbonyl (C=O) groups is 2. The first kappa shape index (κ1) is 18.7. The fourth-order valence-corrected chi connectivity index (χ4v) is 3.46. The zero-order valence-corrected chi connectivity index (χ0v) is 15.3. The number of benzene rings is 1. The Kier molecular flexibility index (Phi) is 6.50. The van der Waals surface area contributed by atoms with Gasteiger partial charge in [0.15, 0.2) is 0 Å². The fraction of sp³-hybridized carbons (Fsp3) is 0.600. The predicted molar refractivity (Wildman–Crippen MR) is 99.1 cm³/mol. The van der Waals surface area contributed by atoms with Crippen LogP contribution in [0.25, 0.3) is 0 Å². The molecule has 0 aromatic heterocycles. The molecule has 1 heterocycles. The predicted octanol–water partition coefficient (Wildman–Crippen LogP) is 2.88. The van der Waals surface area contributed by atoms with Crippen LogP contribution in [-0.4, -0.2) is 37.2 Å². The molecule has 2 amide bonds. The summed E-state index contributed by atoms with van der Waals surface area (Å²) in [7, 11) is 0. The van der Waals surface area contributed by atoms with Crippen LogP contribution in [0.15, 0.2) is 24.3 Å². The standard InChI is InChI=1S/C20H28N2O4/c1-14(21-20(24)15-6-2-3-7-15)19(23)22-16-8-4-9-17(12-16)26-13-18-10-5-11-25-18/h4,8-9,12,14-15,18H,2-3,5-7,10-11,13H2,1H3,(H,21,24)(H,22,23)/t14-,18+/m0/s1. The van der Waals surface area contributed by atoms with Crippen LogP contribution in [0.2, 0.25) is 0 Å². The molecule has 2 aliphatic rings. The van der Waals surface area contributed by atoms with Crippen LogP contribution in [0.4, 0.5) is 5.69 Å². The Balaban J connectivity index is 1.48. The molecule has 0 radical (unpaired) electrons. The van der Waals surface area contributed by atoms with Gasteiger partial charge in [-0.1, -0.05) is 18.9 Å². The van der Waals surface area contributed by atoms with E-state index >= 15 is 0 Å². The lowest BCUT2D eigenvalue weighted by atomic mass is 10.1. The summed E-state index contributed by atoms with van der Waals surface area (Å²) in [5, 5.41) is 5.66. The molecule has 6 heteroatoms. The van der Waals surface area contributed by atoms with E-state index in [1.165, 1.54) is 0 Å². The highest BCUT2D eigenvalue weighted by atomic mass is 16.5. The first-order valence-corrected chi connectivity index (χ1v) is 9.57. The van der Waals surface area contributed by atoms with Crippen molar-refractivity contribution in [2.24, 2.45) is 5.92 Å². The minimum Gasteiger partial charge on any atom is -0.491 e. The van der Waals surface area contributed by atoms with Crippen molar-refractivity contribution in [3.63, 3.8) is 0 Å². The molecule has 1 aromatic carbocycles. The summed E-state index contributed by atoms with van der Waals surface area (Å²) in [6, 6.07) is 6.72. The number of nitrogens with one attached hydrogen (secondary N) is 2. The molecule has 0 unspecified atom stereocenters. The van der Waals surface area contributed by atoms with Gasteiger partial charge in [0.1, 0.15) is 18.4 Å². The van der Waals surface area contributed by atoms with Gasteiger partial charge in [0.25, 0.3) is 0 Å². The van der Waals surface area contributed by atoms with Crippen molar-refractivity contribution in [1.82, 2.24) is 5.32 Å². The van der Waals surface area contributed by atoms with Crippen LogP contribution in [0.3, 0.4) is 0 Å². The highest BCUT2D eigenvalue weighted by Gasteiger charge is 2.25. The molecule has 26 heavy (non-hydrogen) atoms. The average Bonchev–Trinajstić information content (AvgIpc) is 3.34. The van der Waals surface area contributed by atoms with Crippen LogP contribution in [0, 0.1) is 5.92 Å². The number of amides is 2. The molecule has 142 valence electrons. The molecular weight excluding hydrogens is 332 g/mol. The zero-order valence-electron chi connectivity index (χ0n) is 15.3. The molecule has 2 atom stereocenters. The molecule has 1 aliphatic carbocycles. The third-order valence-corrected chi connectivity index (χ3v) is 5.04. The lowest BCUT2D eigenvalue weighted by Gasteiger charge is -2.17. The van der Waals surface area contributed by atoms with Gasteiger partial charge < -0.3 is 20.1 Å². The van der Waals surface area contributed by atoms with Gasteiger partial charge >= 0.3 is 0 Å². The van der Waals surface area contributed by atoms with E-state index < -0.39 is 6.04 Å². The van der Waals surface area contributed by atoms with E-state index in [9.17, 15) is 9.59 Å². The highest BCUT2D eigenvalue weighted by molar-refractivity contribution is 5.97. The van der Waals surface area contributed by atoms with Crippen molar-refractivity contribution in [2.45, 2.75) is 57.6 Å². The Morgan fingerprint density at radius 1 is 1.23 bits per heavy atom. The summed E-state index contributed by atoms with van der Waals surface area (Å²) in [6.07, 6.45) is 6.28. The molecule has 6 nitrogen and oxygen atoms in total. The number of hydrogen-bond acceptors (Lipinski definition) is 4. The topological polar surface area (TPSA) is 76.7 Å². The maximum atomic E-state index is 12.4. The van der Waals surface area contributed by atoms with Gasteiger partial charge in [0.05, 0.1) is 6.10 Å². The zero-order chi connectivity index (χ0) is 18.4. The lowest BCUT2D eigenvalue weighted by Crippen LogP contribution is -2.43. The Morgan fingerprint density at radius 2 is 2.04 bits per heavy atom. The molecule has 2 N–H and O–H groups in total. The highest BCUT2D eigenvalue weighted by Crippen LogP contribution is 2.25. The average molecular weight is 360 g/mol. The number of hydrogen-bond donors (Lipinski definition) is 2. The summed E-state index contributed by atoms with van der Waals surface area (Å²) in [4.78, 5) is 24.5. The van der Waals surface area contributed by atoms with E-state index in [0.717, 1.165) is 45.1 Å². The third kappa shape index (κ3) is 5.21. The van der Waals surface area contributed by atoms with Gasteiger partial charge in [0.2, 0.25) is 11.8 Å². The van der Waals surface area contributed by atoms with Crippen LogP contribution >= 0.6 is 0 Å². The van der Waals surface area contributed by atoms with Crippen molar-refractivity contribution < 1.29 is 19.1 Å². The van der Waals surface area contributed by atoms with Gasteiger partial charge in [-0.3, -0.25) is 9.59 Å². The molecule has 1 aromatic rings. The number of carbonyl (C=O) groups excluding carboxylic acids is 2. The Morgan fingerprint density at radius 3 is 2.77 bits per heavy atom. The van der Waals surface area contributed by atoms with E-state index in [4.69, 9.17) is 9.47 Å². The molecule has 1 saturated carbocycles. The molecule has 1 aliphatic heterocycles. The normalized spacial score (nSPS) is 21.3. The molecule has 2 fully saturated rings. The number of anilines is 1. The van der Waals surface area contributed by atoms with Gasteiger partial charge in [0, 0.05) is 24.3 Å². The second-order valence-corrected chi connectivity index (χ2v) is 7.17.